The van der Waals surface area contributed by atoms with Gasteiger partial charge in [0.05, 0.1) is 25.2 Å². The third-order valence-electron chi connectivity index (χ3n) is 5.82. The smallest absolute Gasteiger partial charge is 0.396 e. The Morgan fingerprint density at radius 2 is 1.96 bits per heavy atom. The van der Waals surface area contributed by atoms with Crippen molar-refractivity contribution >= 4 is 5.78 Å². The highest BCUT2D eigenvalue weighted by Gasteiger charge is 2.59. The molecule has 6 atom stereocenters. The van der Waals surface area contributed by atoms with Gasteiger partial charge in [0.25, 0.3) is 0 Å². The average Bonchev–Trinajstić information content (AvgIpc) is 2.70. The Labute approximate surface area is 139 Å². The topological polar surface area (TPSA) is 76.0 Å². The molecule has 0 bridgehead atoms. The van der Waals surface area contributed by atoms with Crippen molar-refractivity contribution in [3.8, 4) is 0 Å². The summed E-state index contributed by atoms with van der Waals surface area (Å²) in [7, 11) is 0. The van der Waals surface area contributed by atoms with Crippen LogP contribution in [0.3, 0.4) is 0 Å². The Kier molecular flexibility index (Phi) is 5.95. The van der Waals surface area contributed by atoms with Crippen molar-refractivity contribution < 1.29 is 38.0 Å². The van der Waals surface area contributed by atoms with Gasteiger partial charge in [0, 0.05) is 5.92 Å². The Bertz CT molecular complexity index is 455. The molecular weight excluding hydrogens is 329 g/mol. The van der Waals surface area contributed by atoms with Gasteiger partial charge in [-0.15, -0.1) is 0 Å². The summed E-state index contributed by atoms with van der Waals surface area (Å²) in [5, 5.41) is 19.2. The van der Waals surface area contributed by atoms with Gasteiger partial charge in [0.2, 0.25) is 5.78 Å². The van der Waals surface area contributed by atoms with Gasteiger partial charge >= 0.3 is 6.18 Å². The van der Waals surface area contributed by atoms with Crippen molar-refractivity contribution in [3.63, 3.8) is 0 Å². The Morgan fingerprint density at radius 1 is 1.29 bits per heavy atom. The van der Waals surface area contributed by atoms with E-state index in [2.05, 4.69) is 0 Å². The second kappa shape index (κ2) is 7.27. The number of aliphatic hydroxyl groups is 1. The molecule has 1 aliphatic heterocycles. The molecule has 6 unspecified atom stereocenters. The lowest BCUT2D eigenvalue weighted by molar-refractivity contribution is -0.375. The number of hydrogen-bond donors (Lipinski definition) is 2. The summed E-state index contributed by atoms with van der Waals surface area (Å²) in [6, 6.07) is 0. The number of alkyl halides is 3. The molecule has 2 fully saturated rings. The first kappa shape index (κ1) is 19.6. The van der Waals surface area contributed by atoms with Crippen molar-refractivity contribution in [1.82, 2.24) is 0 Å². The standard InChI is InChI=1S/C16H25F3O5/c1-9-3-5-13(11(7-20)14(21)16(17,18)19)15(24-22)8-23-10(2)4-6-12(9)15/h9-13,20,22H,3-8H2,1-2H3. The molecule has 1 saturated carbocycles. The molecule has 8 heteroatoms. The zero-order valence-corrected chi connectivity index (χ0v) is 13.9. The lowest BCUT2D eigenvalue weighted by Crippen LogP contribution is -2.59. The van der Waals surface area contributed by atoms with Crippen LogP contribution in [0.4, 0.5) is 13.2 Å². The molecule has 0 aromatic carbocycles. The number of Topliss-reactive ketones (excluding diaryl/α,β-unsaturated/α-hetero) is 1. The summed E-state index contributed by atoms with van der Waals surface area (Å²) in [5.74, 6) is -4.71. The predicted octanol–water partition coefficient (Wildman–Crippen LogP) is 2.82. The molecule has 0 spiro atoms. The van der Waals surface area contributed by atoms with Crippen LogP contribution in [0.1, 0.15) is 39.5 Å². The summed E-state index contributed by atoms with van der Waals surface area (Å²) < 4.78 is 44.4. The van der Waals surface area contributed by atoms with E-state index in [9.17, 15) is 28.3 Å². The van der Waals surface area contributed by atoms with Crippen molar-refractivity contribution in [2.24, 2.45) is 23.7 Å². The van der Waals surface area contributed by atoms with Crippen molar-refractivity contribution in [2.45, 2.75) is 57.4 Å². The van der Waals surface area contributed by atoms with E-state index in [1.807, 2.05) is 13.8 Å². The molecule has 2 aliphatic rings. The summed E-state index contributed by atoms with van der Waals surface area (Å²) in [5.41, 5.74) is -1.41. The van der Waals surface area contributed by atoms with Gasteiger partial charge < -0.3 is 9.84 Å². The molecular formula is C16H25F3O5. The number of aliphatic hydroxyl groups excluding tert-OH is 1. The minimum Gasteiger partial charge on any atom is -0.396 e. The van der Waals surface area contributed by atoms with Crippen LogP contribution in [-0.4, -0.2) is 47.2 Å². The van der Waals surface area contributed by atoms with E-state index in [0.29, 0.717) is 19.3 Å². The summed E-state index contributed by atoms with van der Waals surface area (Å²) in [6.07, 6.45) is -2.97. The van der Waals surface area contributed by atoms with E-state index in [1.165, 1.54) is 0 Å². The highest BCUT2D eigenvalue weighted by atomic mass is 19.4. The van der Waals surface area contributed by atoms with E-state index in [1.54, 1.807) is 0 Å². The predicted molar refractivity (Wildman–Crippen MR) is 78.1 cm³/mol. The summed E-state index contributed by atoms with van der Waals surface area (Å²) >= 11 is 0. The minimum absolute atomic E-state index is 0.0913. The first-order valence-electron chi connectivity index (χ1n) is 8.33. The Balaban J connectivity index is 2.41. The minimum atomic E-state index is -5.04. The van der Waals surface area contributed by atoms with Gasteiger partial charge in [0.1, 0.15) is 5.60 Å². The van der Waals surface area contributed by atoms with Crippen LogP contribution in [0.5, 0.6) is 0 Å². The fourth-order valence-corrected chi connectivity index (χ4v) is 4.46. The Hall–Kier alpha value is -0.700. The molecule has 1 aliphatic carbocycles. The SMILES string of the molecule is CC1CCC2C(C)CCC(C(CO)C(=O)C(F)(F)F)C2(OO)CO1. The van der Waals surface area contributed by atoms with Gasteiger partial charge in [-0.05, 0) is 44.4 Å². The normalized spacial score (nSPS) is 39.0. The van der Waals surface area contributed by atoms with E-state index in [0.717, 1.165) is 0 Å². The van der Waals surface area contributed by atoms with Gasteiger partial charge in [0.15, 0.2) is 0 Å². The fourth-order valence-electron chi connectivity index (χ4n) is 4.46. The zero-order valence-electron chi connectivity index (χ0n) is 13.9. The summed E-state index contributed by atoms with van der Waals surface area (Å²) in [6.45, 7) is 2.79. The molecule has 1 saturated heterocycles. The van der Waals surface area contributed by atoms with Crippen molar-refractivity contribution in [2.75, 3.05) is 13.2 Å². The number of ether oxygens (including phenoxy) is 1. The fraction of sp³-hybridized carbons (Fsp3) is 0.938. The van der Waals surface area contributed by atoms with Crippen LogP contribution in [-0.2, 0) is 14.4 Å². The number of fused-ring (bicyclic) bond motifs is 1. The first-order valence-corrected chi connectivity index (χ1v) is 8.33. The molecule has 140 valence electrons. The average molecular weight is 354 g/mol. The largest absolute Gasteiger partial charge is 0.450 e. The van der Waals surface area contributed by atoms with Crippen molar-refractivity contribution in [1.29, 1.82) is 0 Å². The van der Waals surface area contributed by atoms with Crippen LogP contribution < -0.4 is 0 Å². The molecule has 0 aromatic heterocycles. The molecule has 0 radical (unpaired) electrons. The number of carbonyl (C=O) groups excluding carboxylic acids is 1. The Morgan fingerprint density at radius 3 is 2.50 bits per heavy atom. The molecule has 5 nitrogen and oxygen atoms in total. The molecule has 2 N–H and O–H groups in total. The van der Waals surface area contributed by atoms with E-state index in [-0.39, 0.29) is 31.0 Å². The van der Waals surface area contributed by atoms with Crippen LogP contribution in [0.15, 0.2) is 0 Å². The highest BCUT2D eigenvalue weighted by molar-refractivity contribution is 5.86. The maximum atomic E-state index is 12.9. The molecule has 24 heavy (non-hydrogen) atoms. The summed E-state index contributed by atoms with van der Waals surface area (Å²) in [4.78, 5) is 16.6. The van der Waals surface area contributed by atoms with E-state index in [4.69, 9.17) is 9.62 Å². The third-order valence-corrected chi connectivity index (χ3v) is 5.82. The van der Waals surface area contributed by atoms with Gasteiger partial charge in [-0.2, -0.15) is 13.2 Å². The molecule has 0 aromatic rings. The maximum absolute atomic E-state index is 12.9. The number of halogens is 3. The molecule has 2 rings (SSSR count). The second-order valence-corrected chi connectivity index (χ2v) is 7.16. The van der Waals surface area contributed by atoms with Crippen molar-refractivity contribution in [3.05, 3.63) is 0 Å². The zero-order chi connectivity index (χ0) is 18.1. The van der Waals surface area contributed by atoms with Crippen LogP contribution >= 0.6 is 0 Å². The van der Waals surface area contributed by atoms with Gasteiger partial charge in [-0.1, -0.05) is 6.92 Å². The quantitative estimate of drug-likeness (QED) is 0.600. The number of carbonyl (C=O) groups is 1. The maximum Gasteiger partial charge on any atom is 0.450 e. The number of rotatable bonds is 4. The monoisotopic (exact) mass is 354 g/mol. The number of hydrogen-bond acceptors (Lipinski definition) is 5. The van der Waals surface area contributed by atoms with Crippen LogP contribution in [0.25, 0.3) is 0 Å². The molecule has 1 heterocycles. The van der Waals surface area contributed by atoms with Gasteiger partial charge in [-0.3, -0.25) is 10.1 Å². The lowest BCUT2D eigenvalue weighted by atomic mass is 9.59. The molecule has 0 amide bonds. The van der Waals surface area contributed by atoms with E-state index < -0.39 is 36.0 Å². The highest BCUT2D eigenvalue weighted by Crippen LogP contribution is 2.51. The van der Waals surface area contributed by atoms with Crippen LogP contribution in [0.2, 0.25) is 0 Å². The first-order chi connectivity index (χ1) is 11.2. The van der Waals surface area contributed by atoms with Crippen LogP contribution in [0, 0.1) is 23.7 Å². The van der Waals surface area contributed by atoms with Gasteiger partial charge in [-0.25, -0.2) is 4.89 Å². The van der Waals surface area contributed by atoms with E-state index >= 15 is 0 Å². The second-order valence-electron chi connectivity index (χ2n) is 7.16. The number of ketones is 1. The lowest BCUT2D eigenvalue weighted by Gasteiger charge is -2.50. The third kappa shape index (κ3) is 3.47.